The highest BCUT2D eigenvalue weighted by Gasteiger charge is 2.26. The van der Waals surface area contributed by atoms with Crippen molar-refractivity contribution < 1.29 is 14.6 Å². The largest absolute Gasteiger partial charge is 0.466 e. The van der Waals surface area contributed by atoms with Gasteiger partial charge in [0.25, 0.3) is 0 Å². The summed E-state index contributed by atoms with van der Waals surface area (Å²) in [5, 5.41) is 9.78. The number of rotatable bonds is 6. The number of hydrogen-bond acceptors (Lipinski definition) is 3. The zero-order valence-corrected chi connectivity index (χ0v) is 9.62. The van der Waals surface area contributed by atoms with E-state index in [0.29, 0.717) is 25.4 Å². The third kappa shape index (κ3) is 4.61. The van der Waals surface area contributed by atoms with E-state index in [9.17, 15) is 9.90 Å². The van der Waals surface area contributed by atoms with Gasteiger partial charge in [-0.3, -0.25) is 4.79 Å². The van der Waals surface area contributed by atoms with E-state index in [0.717, 1.165) is 0 Å². The zero-order valence-electron chi connectivity index (χ0n) is 9.62. The average molecular weight is 202 g/mol. The van der Waals surface area contributed by atoms with Gasteiger partial charge in [0.05, 0.1) is 18.6 Å². The van der Waals surface area contributed by atoms with Crippen LogP contribution in [-0.4, -0.2) is 23.8 Å². The molecule has 0 radical (unpaired) electrons. The average Bonchev–Trinajstić information content (AvgIpc) is 2.04. The van der Waals surface area contributed by atoms with Crippen LogP contribution in [0.1, 0.15) is 40.5 Å². The highest BCUT2D eigenvalue weighted by atomic mass is 16.5. The number of carbonyl (C=O) groups excluding carboxylic acids is 1. The van der Waals surface area contributed by atoms with Gasteiger partial charge in [0.1, 0.15) is 0 Å². The first-order chi connectivity index (χ1) is 6.52. The van der Waals surface area contributed by atoms with Crippen LogP contribution in [0.3, 0.4) is 0 Å². The van der Waals surface area contributed by atoms with Crippen LogP contribution in [0.15, 0.2) is 0 Å². The smallest absolute Gasteiger partial charge is 0.311 e. The second kappa shape index (κ2) is 6.82. The van der Waals surface area contributed by atoms with Gasteiger partial charge in [0.2, 0.25) is 0 Å². The van der Waals surface area contributed by atoms with Crippen LogP contribution in [0.4, 0.5) is 0 Å². The van der Waals surface area contributed by atoms with Crippen molar-refractivity contribution in [2.24, 2.45) is 11.8 Å². The molecule has 2 unspecified atom stereocenters. The molecule has 0 aromatic carbocycles. The quantitative estimate of drug-likeness (QED) is 0.670. The molecule has 0 aliphatic carbocycles. The molecule has 3 nitrogen and oxygen atoms in total. The fraction of sp³-hybridized carbons (Fsp3) is 0.909. The maximum atomic E-state index is 11.4. The number of hydrogen-bond donors (Lipinski definition) is 1. The summed E-state index contributed by atoms with van der Waals surface area (Å²) in [4.78, 5) is 11.4. The van der Waals surface area contributed by atoms with E-state index >= 15 is 0 Å². The van der Waals surface area contributed by atoms with Crippen LogP contribution in [0, 0.1) is 11.8 Å². The monoisotopic (exact) mass is 202 g/mol. The molecule has 0 spiro atoms. The van der Waals surface area contributed by atoms with E-state index < -0.39 is 6.10 Å². The van der Waals surface area contributed by atoms with Gasteiger partial charge in [0, 0.05) is 0 Å². The van der Waals surface area contributed by atoms with Crippen LogP contribution in [-0.2, 0) is 9.53 Å². The van der Waals surface area contributed by atoms with E-state index in [1.54, 1.807) is 6.92 Å². The third-order valence-corrected chi connectivity index (χ3v) is 2.21. The highest BCUT2D eigenvalue weighted by molar-refractivity contribution is 5.73. The molecule has 0 fully saturated rings. The van der Waals surface area contributed by atoms with Gasteiger partial charge in [-0.15, -0.1) is 0 Å². The Balaban J connectivity index is 4.17. The Morgan fingerprint density at radius 3 is 2.29 bits per heavy atom. The normalized spacial score (nSPS) is 15.3. The summed E-state index contributed by atoms with van der Waals surface area (Å²) < 4.78 is 4.90. The number of aliphatic hydroxyl groups is 1. The van der Waals surface area contributed by atoms with Crippen molar-refractivity contribution in [2.45, 2.75) is 46.6 Å². The lowest BCUT2D eigenvalue weighted by molar-refractivity contribution is -0.152. The lowest BCUT2D eigenvalue weighted by atomic mass is 9.92. The van der Waals surface area contributed by atoms with Crippen LogP contribution >= 0.6 is 0 Å². The standard InChI is InChI=1S/C11H22O3/c1-5-9(11(13)14-6-2)10(12)7-8(3)4/h8-10,12H,5-7H2,1-4H3. The first-order valence-corrected chi connectivity index (χ1v) is 5.37. The van der Waals surface area contributed by atoms with Gasteiger partial charge in [-0.25, -0.2) is 0 Å². The molecule has 84 valence electrons. The van der Waals surface area contributed by atoms with Gasteiger partial charge < -0.3 is 9.84 Å². The molecule has 0 heterocycles. The second-order valence-corrected chi connectivity index (χ2v) is 3.96. The van der Waals surface area contributed by atoms with Crippen LogP contribution in [0.25, 0.3) is 0 Å². The second-order valence-electron chi connectivity index (χ2n) is 3.96. The van der Waals surface area contributed by atoms with Gasteiger partial charge in [0.15, 0.2) is 0 Å². The lowest BCUT2D eigenvalue weighted by Gasteiger charge is -2.21. The first-order valence-electron chi connectivity index (χ1n) is 5.37. The summed E-state index contributed by atoms with van der Waals surface area (Å²) >= 11 is 0. The van der Waals surface area contributed by atoms with E-state index in [-0.39, 0.29) is 11.9 Å². The van der Waals surface area contributed by atoms with E-state index in [4.69, 9.17) is 4.74 Å². The molecule has 0 rings (SSSR count). The van der Waals surface area contributed by atoms with E-state index in [1.165, 1.54) is 0 Å². The fourth-order valence-corrected chi connectivity index (χ4v) is 1.49. The Morgan fingerprint density at radius 2 is 1.93 bits per heavy atom. The summed E-state index contributed by atoms with van der Waals surface area (Å²) in [6.45, 7) is 8.11. The maximum absolute atomic E-state index is 11.4. The van der Waals surface area contributed by atoms with Crippen molar-refractivity contribution in [3.05, 3.63) is 0 Å². The predicted octanol–water partition coefficient (Wildman–Crippen LogP) is 1.98. The van der Waals surface area contributed by atoms with Crippen LogP contribution in [0.5, 0.6) is 0 Å². The highest BCUT2D eigenvalue weighted by Crippen LogP contribution is 2.17. The van der Waals surface area contributed by atoms with Crippen molar-refractivity contribution in [3.8, 4) is 0 Å². The molecule has 0 aliphatic heterocycles. The third-order valence-electron chi connectivity index (χ3n) is 2.21. The molecule has 0 aromatic rings. The molecule has 0 amide bonds. The Hall–Kier alpha value is -0.570. The molecule has 1 N–H and O–H groups in total. The molecular formula is C11H22O3. The van der Waals surface area contributed by atoms with Gasteiger partial charge in [-0.2, -0.15) is 0 Å². The van der Waals surface area contributed by atoms with Crippen LogP contribution < -0.4 is 0 Å². The van der Waals surface area contributed by atoms with Gasteiger partial charge in [-0.1, -0.05) is 20.8 Å². The SMILES string of the molecule is CCOC(=O)C(CC)C(O)CC(C)C. The molecule has 0 saturated carbocycles. The molecule has 14 heavy (non-hydrogen) atoms. The van der Waals surface area contributed by atoms with Crippen molar-refractivity contribution in [1.82, 2.24) is 0 Å². The summed E-state index contributed by atoms with van der Waals surface area (Å²) in [7, 11) is 0. The Kier molecular flexibility index (Phi) is 6.54. The minimum atomic E-state index is -0.570. The van der Waals surface area contributed by atoms with Crippen molar-refractivity contribution in [1.29, 1.82) is 0 Å². The van der Waals surface area contributed by atoms with Crippen LogP contribution in [0.2, 0.25) is 0 Å². The Bertz CT molecular complexity index is 166. The summed E-state index contributed by atoms with van der Waals surface area (Å²) in [6, 6.07) is 0. The van der Waals surface area contributed by atoms with Gasteiger partial charge in [-0.05, 0) is 25.7 Å². The molecular weight excluding hydrogens is 180 g/mol. The molecule has 3 heteroatoms. The minimum absolute atomic E-state index is 0.275. The molecule has 0 bridgehead atoms. The predicted molar refractivity (Wildman–Crippen MR) is 55.9 cm³/mol. The summed E-state index contributed by atoms with van der Waals surface area (Å²) in [5.74, 6) is -0.242. The van der Waals surface area contributed by atoms with E-state index in [1.807, 2.05) is 20.8 Å². The lowest BCUT2D eigenvalue weighted by Crippen LogP contribution is -2.30. The number of esters is 1. The molecule has 0 aliphatic rings. The number of carbonyl (C=O) groups is 1. The summed E-state index contributed by atoms with van der Waals surface area (Å²) in [6.07, 6.45) is 0.711. The maximum Gasteiger partial charge on any atom is 0.311 e. The summed E-state index contributed by atoms with van der Waals surface area (Å²) in [5.41, 5.74) is 0. The fourth-order valence-electron chi connectivity index (χ4n) is 1.49. The topological polar surface area (TPSA) is 46.5 Å². The number of aliphatic hydroxyl groups excluding tert-OH is 1. The molecule has 0 saturated heterocycles. The minimum Gasteiger partial charge on any atom is -0.466 e. The van der Waals surface area contributed by atoms with Crippen molar-refractivity contribution >= 4 is 5.97 Å². The van der Waals surface area contributed by atoms with E-state index in [2.05, 4.69) is 0 Å². The van der Waals surface area contributed by atoms with Crippen molar-refractivity contribution in [2.75, 3.05) is 6.61 Å². The Morgan fingerprint density at radius 1 is 1.36 bits per heavy atom. The number of ether oxygens (including phenoxy) is 1. The van der Waals surface area contributed by atoms with Gasteiger partial charge >= 0.3 is 5.97 Å². The Labute approximate surface area is 86.5 Å². The molecule has 0 aromatic heterocycles. The zero-order chi connectivity index (χ0) is 11.1. The molecule has 2 atom stereocenters. The first kappa shape index (κ1) is 13.4. The van der Waals surface area contributed by atoms with Crippen molar-refractivity contribution in [3.63, 3.8) is 0 Å².